The number of ether oxygens (including phenoxy) is 1. The van der Waals surface area contributed by atoms with Crippen molar-refractivity contribution < 1.29 is 14.6 Å². The summed E-state index contributed by atoms with van der Waals surface area (Å²) < 4.78 is 5.90. The van der Waals surface area contributed by atoms with Crippen molar-refractivity contribution in [1.82, 2.24) is 4.90 Å². The van der Waals surface area contributed by atoms with Gasteiger partial charge < -0.3 is 14.7 Å². The zero-order valence-electron chi connectivity index (χ0n) is 11.1. The average Bonchev–Trinajstić information content (AvgIpc) is 2.45. The number of nitrogens with zero attached hydrogens (tertiary/aromatic N) is 1. The molecule has 1 aromatic rings. The number of carbonyl (C=O) groups is 1. The fourth-order valence-corrected chi connectivity index (χ4v) is 2.34. The average molecular weight is 263 g/mol. The van der Waals surface area contributed by atoms with Crippen molar-refractivity contribution in [1.29, 1.82) is 0 Å². The third kappa shape index (κ3) is 5.01. The Morgan fingerprint density at radius 3 is 2.58 bits per heavy atom. The van der Waals surface area contributed by atoms with Crippen molar-refractivity contribution in [3.05, 3.63) is 35.9 Å². The molecule has 1 aliphatic rings. The minimum absolute atomic E-state index is 0.232. The van der Waals surface area contributed by atoms with Crippen molar-refractivity contribution >= 4 is 5.97 Å². The van der Waals surface area contributed by atoms with Gasteiger partial charge in [-0.25, -0.2) is 0 Å². The topological polar surface area (TPSA) is 49.8 Å². The Kier molecular flexibility index (Phi) is 5.36. The van der Waals surface area contributed by atoms with Gasteiger partial charge in [-0.3, -0.25) is 4.79 Å². The van der Waals surface area contributed by atoms with E-state index in [1.54, 1.807) is 0 Å². The van der Waals surface area contributed by atoms with E-state index in [4.69, 9.17) is 9.84 Å². The molecular formula is C15H21NO3. The Morgan fingerprint density at radius 1 is 1.26 bits per heavy atom. The van der Waals surface area contributed by atoms with Gasteiger partial charge in [-0.15, -0.1) is 0 Å². The minimum Gasteiger partial charge on any atom is -0.481 e. The molecule has 1 aliphatic heterocycles. The van der Waals surface area contributed by atoms with Crippen LogP contribution in [0.3, 0.4) is 0 Å². The number of aliphatic carboxylic acids is 1. The Balaban J connectivity index is 1.65. The van der Waals surface area contributed by atoms with Crippen LogP contribution in [0.25, 0.3) is 0 Å². The lowest BCUT2D eigenvalue weighted by atomic mass is 10.1. The number of benzene rings is 1. The van der Waals surface area contributed by atoms with Crippen LogP contribution in [0.4, 0.5) is 0 Å². The van der Waals surface area contributed by atoms with Gasteiger partial charge in [-0.1, -0.05) is 30.3 Å². The maximum absolute atomic E-state index is 10.5. The molecule has 104 valence electrons. The van der Waals surface area contributed by atoms with Crippen LogP contribution in [0.1, 0.15) is 24.8 Å². The first-order chi connectivity index (χ1) is 9.24. The van der Waals surface area contributed by atoms with Gasteiger partial charge in [0.15, 0.2) is 0 Å². The van der Waals surface area contributed by atoms with Gasteiger partial charge in [0, 0.05) is 19.6 Å². The molecule has 0 aliphatic carbocycles. The molecule has 1 saturated heterocycles. The van der Waals surface area contributed by atoms with E-state index < -0.39 is 5.97 Å². The summed E-state index contributed by atoms with van der Waals surface area (Å²) in [7, 11) is 0. The van der Waals surface area contributed by atoms with Gasteiger partial charge in [0.2, 0.25) is 0 Å². The van der Waals surface area contributed by atoms with E-state index in [-0.39, 0.29) is 6.42 Å². The molecule has 0 radical (unpaired) electrons. The van der Waals surface area contributed by atoms with Gasteiger partial charge in [0.25, 0.3) is 0 Å². The third-order valence-corrected chi connectivity index (χ3v) is 3.51. The van der Waals surface area contributed by atoms with Crippen LogP contribution in [0.15, 0.2) is 30.3 Å². The van der Waals surface area contributed by atoms with E-state index in [0.29, 0.717) is 19.3 Å². The van der Waals surface area contributed by atoms with Crippen molar-refractivity contribution in [2.75, 3.05) is 19.6 Å². The lowest BCUT2D eigenvalue weighted by molar-refractivity contribution is -0.137. The zero-order chi connectivity index (χ0) is 13.5. The number of hydrogen-bond donors (Lipinski definition) is 1. The van der Waals surface area contributed by atoms with Crippen molar-refractivity contribution in [2.24, 2.45) is 0 Å². The molecule has 1 fully saturated rings. The summed E-state index contributed by atoms with van der Waals surface area (Å²) in [6.07, 6.45) is 2.52. The molecule has 19 heavy (non-hydrogen) atoms. The molecule has 0 unspecified atom stereocenters. The van der Waals surface area contributed by atoms with Gasteiger partial charge >= 0.3 is 5.97 Å². The van der Waals surface area contributed by atoms with Crippen molar-refractivity contribution in [2.45, 2.75) is 32.0 Å². The summed E-state index contributed by atoms with van der Waals surface area (Å²) in [5.41, 5.74) is 1.20. The predicted octanol–water partition coefficient (Wildman–Crippen LogP) is 2.14. The minimum atomic E-state index is -0.720. The third-order valence-electron chi connectivity index (χ3n) is 3.51. The quantitative estimate of drug-likeness (QED) is 0.854. The maximum atomic E-state index is 10.5. The fourth-order valence-electron chi connectivity index (χ4n) is 2.34. The standard InChI is InChI=1S/C15H21NO3/c17-15(18)8-11-16-9-6-14(7-10-16)19-12-13-4-2-1-3-5-13/h1-5,14H,6-12H2,(H,17,18). The molecule has 0 saturated carbocycles. The number of piperidine rings is 1. The molecule has 1 heterocycles. The normalized spacial score (nSPS) is 17.5. The number of likely N-dealkylation sites (tertiary alicyclic amines) is 1. The van der Waals surface area contributed by atoms with Crippen molar-refractivity contribution in [3.8, 4) is 0 Å². The number of carboxylic acid groups (broad SMARTS) is 1. The van der Waals surface area contributed by atoms with E-state index in [1.807, 2.05) is 18.2 Å². The largest absolute Gasteiger partial charge is 0.481 e. The highest BCUT2D eigenvalue weighted by molar-refractivity contribution is 5.66. The molecule has 0 amide bonds. The van der Waals surface area contributed by atoms with Crippen LogP contribution in [0.2, 0.25) is 0 Å². The molecule has 0 aromatic heterocycles. The maximum Gasteiger partial charge on any atom is 0.304 e. The van der Waals surface area contributed by atoms with Gasteiger partial charge in [-0.2, -0.15) is 0 Å². The number of hydrogen-bond acceptors (Lipinski definition) is 3. The number of carboxylic acids is 1. The fraction of sp³-hybridized carbons (Fsp3) is 0.533. The summed E-state index contributed by atoms with van der Waals surface area (Å²) in [6, 6.07) is 10.2. The van der Waals surface area contributed by atoms with Crippen LogP contribution in [-0.4, -0.2) is 41.7 Å². The monoisotopic (exact) mass is 263 g/mol. The van der Waals surface area contributed by atoms with Gasteiger partial charge in [0.1, 0.15) is 0 Å². The lowest BCUT2D eigenvalue weighted by Crippen LogP contribution is -2.38. The van der Waals surface area contributed by atoms with Gasteiger partial charge in [0.05, 0.1) is 19.1 Å². The van der Waals surface area contributed by atoms with E-state index in [9.17, 15) is 4.79 Å². The summed E-state index contributed by atoms with van der Waals surface area (Å²) in [6.45, 7) is 3.20. The molecule has 0 atom stereocenters. The Hall–Kier alpha value is -1.39. The Labute approximate surface area is 114 Å². The van der Waals surface area contributed by atoms with Crippen LogP contribution in [-0.2, 0) is 16.1 Å². The lowest BCUT2D eigenvalue weighted by Gasteiger charge is -2.31. The molecule has 4 nitrogen and oxygen atoms in total. The predicted molar refractivity (Wildman–Crippen MR) is 72.9 cm³/mol. The highest BCUT2D eigenvalue weighted by Crippen LogP contribution is 2.15. The molecule has 0 spiro atoms. The van der Waals surface area contributed by atoms with Gasteiger partial charge in [-0.05, 0) is 18.4 Å². The highest BCUT2D eigenvalue weighted by atomic mass is 16.5. The molecule has 4 heteroatoms. The van der Waals surface area contributed by atoms with Crippen molar-refractivity contribution in [3.63, 3.8) is 0 Å². The smallest absolute Gasteiger partial charge is 0.304 e. The van der Waals surface area contributed by atoms with Crippen LogP contribution in [0, 0.1) is 0 Å². The van der Waals surface area contributed by atoms with E-state index in [2.05, 4.69) is 17.0 Å². The Morgan fingerprint density at radius 2 is 1.95 bits per heavy atom. The summed E-state index contributed by atoms with van der Waals surface area (Å²) >= 11 is 0. The van der Waals surface area contributed by atoms with Crippen LogP contribution < -0.4 is 0 Å². The second kappa shape index (κ2) is 7.26. The summed E-state index contributed by atoms with van der Waals surface area (Å²) in [5, 5.41) is 8.66. The molecule has 2 rings (SSSR count). The van der Waals surface area contributed by atoms with E-state index in [1.165, 1.54) is 5.56 Å². The Bertz CT molecular complexity index is 386. The van der Waals surface area contributed by atoms with Crippen LogP contribution in [0.5, 0.6) is 0 Å². The molecule has 1 N–H and O–H groups in total. The molecule has 1 aromatic carbocycles. The first-order valence-corrected chi connectivity index (χ1v) is 6.84. The van der Waals surface area contributed by atoms with E-state index in [0.717, 1.165) is 25.9 Å². The summed E-state index contributed by atoms with van der Waals surface area (Å²) in [4.78, 5) is 12.7. The second-order valence-electron chi connectivity index (χ2n) is 4.98. The zero-order valence-corrected chi connectivity index (χ0v) is 11.1. The first kappa shape index (κ1) is 14.0. The van der Waals surface area contributed by atoms with E-state index >= 15 is 0 Å². The van der Waals surface area contributed by atoms with Crippen LogP contribution >= 0.6 is 0 Å². The number of rotatable bonds is 6. The molecular weight excluding hydrogens is 242 g/mol. The molecule has 0 bridgehead atoms. The summed E-state index contributed by atoms with van der Waals surface area (Å²) in [5.74, 6) is -0.720. The highest BCUT2D eigenvalue weighted by Gasteiger charge is 2.19. The second-order valence-corrected chi connectivity index (χ2v) is 4.98. The first-order valence-electron chi connectivity index (χ1n) is 6.84. The SMILES string of the molecule is O=C(O)CCN1CCC(OCc2ccccc2)CC1.